The monoisotopic (exact) mass is 299 g/mol. The zero-order valence-corrected chi connectivity index (χ0v) is 12.0. The molecule has 21 heavy (non-hydrogen) atoms. The number of carbonyl (C=O) groups is 1. The molecular weight excluding hydrogens is 286 g/mol. The molecule has 0 spiro atoms. The molecule has 2 heterocycles. The minimum absolute atomic E-state index is 0.0173. The van der Waals surface area contributed by atoms with Gasteiger partial charge in [0.1, 0.15) is 5.65 Å². The number of hydrogen-bond acceptors (Lipinski definition) is 2. The molecule has 106 valence electrons. The summed E-state index contributed by atoms with van der Waals surface area (Å²) in [7, 11) is 0. The van der Waals surface area contributed by atoms with Crippen LogP contribution in [0.15, 0.2) is 54.9 Å². The maximum Gasteiger partial charge on any atom is 0.224 e. The van der Waals surface area contributed by atoms with Crippen LogP contribution in [0.3, 0.4) is 0 Å². The second-order valence-electron chi connectivity index (χ2n) is 4.78. The third-order valence-electron chi connectivity index (χ3n) is 3.15. The van der Waals surface area contributed by atoms with E-state index in [9.17, 15) is 4.79 Å². The molecule has 3 aromatic rings. The van der Waals surface area contributed by atoms with E-state index in [1.165, 1.54) is 0 Å². The molecule has 0 aliphatic heterocycles. The van der Waals surface area contributed by atoms with Crippen LogP contribution in [0.25, 0.3) is 5.65 Å². The van der Waals surface area contributed by atoms with Gasteiger partial charge in [-0.05, 0) is 17.7 Å². The number of amides is 1. The van der Waals surface area contributed by atoms with E-state index in [-0.39, 0.29) is 5.91 Å². The minimum Gasteiger partial charge on any atom is -0.350 e. The largest absolute Gasteiger partial charge is 0.350 e. The maximum absolute atomic E-state index is 11.9. The smallest absolute Gasteiger partial charge is 0.224 e. The summed E-state index contributed by atoms with van der Waals surface area (Å²) in [6.07, 6.45) is 4.11. The van der Waals surface area contributed by atoms with E-state index in [1.807, 2.05) is 47.1 Å². The Hall–Kier alpha value is -2.33. The highest BCUT2D eigenvalue weighted by molar-refractivity contribution is 6.30. The third-order valence-corrected chi connectivity index (χ3v) is 3.38. The van der Waals surface area contributed by atoms with Crippen molar-refractivity contribution >= 4 is 23.2 Å². The standard InChI is InChI=1S/C16H14ClN3O/c17-13-6-7-20-11-14(19-15(20)9-13)10-18-16(21)8-12-4-2-1-3-5-12/h1-7,9,11H,8,10H2,(H,18,21). The summed E-state index contributed by atoms with van der Waals surface area (Å²) in [5.74, 6) is -0.0173. The summed E-state index contributed by atoms with van der Waals surface area (Å²) in [4.78, 5) is 16.3. The van der Waals surface area contributed by atoms with Gasteiger partial charge < -0.3 is 9.72 Å². The zero-order valence-electron chi connectivity index (χ0n) is 11.3. The Labute approximate surface area is 127 Å². The Morgan fingerprint density at radius 3 is 2.86 bits per heavy atom. The van der Waals surface area contributed by atoms with E-state index in [4.69, 9.17) is 11.6 Å². The number of pyridine rings is 1. The van der Waals surface area contributed by atoms with Gasteiger partial charge in [0.2, 0.25) is 5.91 Å². The molecule has 0 saturated heterocycles. The van der Waals surface area contributed by atoms with Crippen molar-refractivity contribution in [2.75, 3.05) is 0 Å². The van der Waals surface area contributed by atoms with Gasteiger partial charge >= 0.3 is 0 Å². The van der Waals surface area contributed by atoms with Crippen LogP contribution in [0.1, 0.15) is 11.3 Å². The van der Waals surface area contributed by atoms with E-state index in [0.717, 1.165) is 16.9 Å². The Balaban J connectivity index is 1.62. The molecule has 1 amide bonds. The number of fused-ring (bicyclic) bond motifs is 1. The summed E-state index contributed by atoms with van der Waals surface area (Å²) >= 11 is 5.92. The van der Waals surface area contributed by atoms with Crippen LogP contribution in [0.5, 0.6) is 0 Å². The Morgan fingerprint density at radius 2 is 2.05 bits per heavy atom. The van der Waals surface area contributed by atoms with E-state index in [1.54, 1.807) is 12.1 Å². The van der Waals surface area contributed by atoms with Crippen LogP contribution in [0, 0.1) is 0 Å². The van der Waals surface area contributed by atoms with Crippen LogP contribution in [0.4, 0.5) is 0 Å². The van der Waals surface area contributed by atoms with Crippen LogP contribution in [0.2, 0.25) is 5.02 Å². The molecule has 0 radical (unpaired) electrons. The van der Waals surface area contributed by atoms with Crippen LogP contribution in [-0.2, 0) is 17.8 Å². The molecule has 2 aromatic heterocycles. The molecular formula is C16H14ClN3O. The molecule has 0 aliphatic rings. The quantitative estimate of drug-likeness (QED) is 0.805. The predicted molar refractivity (Wildman–Crippen MR) is 82.2 cm³/mol. The predicted octanol–water partition coefficient (Wildman–Crippen LogP) is 2.85. The second kappa shape index (κ2) is 5.97. The van der Waals surface area contributed by atoms with Crippen molar-refractivity contribution in [1.82, 2.24) is 14.7 Å². The lowest BCUT2D eigenvalue weighted by molar-refractivity contribution is -0.120. The van der Waals surface area contributed by atoms with Gasteiger partial charge in [-0.1, -0.05) is 41.9 Å². The number of halogens is 1. The number of aromatic nitrogens is 2. The highest BCUT2D eigenvalue weighted by Gasteiger charge is 2.06. The van der Waals surface area contributed by atoms with Crippen molar-refractivity contribution in [3.05, 3.63) is 71.1 Å². The molecule has 0 fully saturated rings. The Bertz CT molecular complexity index is 768. The molecule has 4 nitrogen and oxygen atoms in total. The fourth-order valence-corrected chi connectivity index (χ4v) is 2.28. The molecule has 3 rings (SSSR count). The van der Waals surface area contributed by atoms with Gasteiger partial charge in [0.25, 0.3) is 0 Å². The van der Waals surface area contributed by atoms with Gasteiger partial charge in [0.05, 0.1) is 18.7 Å². The van der Waals surface area contributed by atoms with E-state index in [2.05, 4.69) is 10.3 Å². The normalized spacial score (nSPS) is 10.7. The number of nitrogens with one attached hydrogen (secondary N) is 1. The SMILES string of the molecule is O=C(Cc1ccccc1)NCc1cn2ccc(Cl)cc2n1. The molecule has 5 heteroatoms. The first-order valence-electron chi connectivity index (χ1n) is 6.64. The highest BCUT2D eigenvalue weighted by atomic mass is 35.5. The van der Waals surface area contributed by atoms with Crippen LogP contribution in [-0.4, -0.2) is 15.3 Å². The van der Waals surface area contributed by atoms with Crippen molar-refractivity contribution in [2.24, 2.45) is 0 Å². The fourth-order valence-electron chi connectivity index (χ4n) is 2.13. The lowest BCUT2D eigenvalue weighted by Crippen LogP contribution is -2.24. The minimum atomic E-state index is -0.0173. The summed E-state index contributed by atoms with van der Waals surface area (Å²) < 4.78 is 1.88. The van der Waals surface area contributed by atoms with E-state index < -0.39 is 0 Å². The number of rotatable bonds is 4. The maximum atomic E-state index is 11.9. The topological polar surface area (TPSA) is 46.4 Å². The van der Waals surface area contributed by atoms with Gasteiger partial charge in [-0.15, -0.1) is 0 Å². The van der Waals surface area contributed by atoms with Crippen molar-refractivity contribution in [3.63, 3.8) is 0 Å². The summed E-state index contributed by atoms with van der Waals surface area (Å²) in [5.41, 5.74) is 2.57. The van der Waals surface area contributed by atoms with Crippen molar-refractivity contribution < 1.29 is 4.79 Å². The number of carbonyl (C=O) groups excluding carboxylic acids is 1. The lowest BCUT2D eigenvalue weighted by Gasteiger charge is -2.03. The average molecular weight is 300 g/mol. The molecule has 0 unspecified atom stereocenters. The summed E-state index contributed by atoms with van der Waals surface area (Å²) in [6.45, 7) is 0.408. The van der Waals surface area contributed by atoms with Crippen molar-refractivity contribution in [2.45, 2.75) is 13.0 Å². The zero-order chi connectivity index (χ0) is 14.7. The number of nitrogens with zero attached hydrogens (tertiary/aromatic N) is 2. The van der Waals surface area contributed by atoms with E-state index >= 15 is 0 Å². The molecule has 0 aliphatic carbocycles. The van der Waals surface area contributed by atoms with Crippen LogP contribution >= 0.6 is 11.6 Å². The average Bonchev–Trinajstić information content (AvgIpc) is 2.88. The van der Waals surface area contributed by atoms with Gasteiger partial charge in [-0.2, -0.15) is 0 Å². The third kappa shape index (κ3) is 3.41. The molecule has 1 aromatic carbocycles. The lowest BCUT2D eigenvalue weighted by atomic mass is 10.1. The van der Waals surface area contributed by atoms with Gasteiger partial charge in [-0.3, -0.25) is 4.79 Å². The van der Waals surface area contributed by atoms with Gasteiger partial charge in [-0.25, -0.2) is 4.98 Å². The molecule has 1 N–H and O–H groups in total. The number of hydrogen-bond donors (Lipinski definition) is 1. The number of benzene rings is 1. The number of imidazole rings is 1. The summed E-state index contributed by atoms with van der Waals surface area (Å²) in [5, 5.41) is 3.52. The van der Waals surface area contributed by atoms with Crippen molar-refractivity contribution in [3.8, 4) is 0 Å². The first-order chi connectivity index (χ1) is 10.2. The highest BCUT2D eigenvalue weighted by Crippen LogP contribution is 2.12. The Kier molecular flexibility index (Phi) is 3.88. The van der Waals surface area contributed by atoms with E-state index in [0.29, 0.717) is 18.0 Å². The fraction of sp³-hybridized carbons (Fsp3) is 0.125. The molecule has 0 bridgehead atoms. The first-order valence-corrected chi connectivity index (χ1v) is 7.02. The van der Waals surface area contributed by atoms with Gasteiger partial charge in [0, 0.05) is 17.4 Å². The van der Waals surface area contributed by atoms with Gasteiger partial charge in [0.15, 0.2) is 0 Å². The molecule has 0 saturated carbocycles. The Morgan fingerprint density at radius 1 is 1.24 bits per heavy atom. The first kappa shape index (κ1) is 13.6. The van der Waals surface area contributed by atoms with Crippen LogP contribution < -0.4 is 5.32 Å². The second-order valence-corrected chi connectivity index (χ2v) is 5.22. The molecule has 0 atom stereocenters. The van der Waals surface area contributed by atoms with Crippen molar-refractivity contribution in [1.29, 1.82) is 0 Å². The summed E-state index contributed by atoms with van der Waals surface area (Å²) in [6, 6.07) is 13.2.